The van der Waals surface area contributed by atoms with E-state index in [9.17, 15) is 9.59 Å². The predicted molar refractivity (Wildman–Crippen MR) is 107 cm³/mol. The van der Waals surface area contributed by atoms with Gasteiger partial charge in [0, 0.05) is 23.6 Å². The van der Waals surface area contributed by atoms with Crippen LogP contribution < -0.4 is 5.69 Å². The molecule has 3 rings (SSSR count). The van der Waals surface area contributed by atoms with E-state index in [0.29, 0.717) is 30.2 Å². The predicted octanol–water partition coefficient (Wildman–Crippen LogP) is 3.90. The van der Waals surface area contributed by atoms with Crippen molar-refractivity contribution in [2.24, 2.45) is 0 Å². The van der Waals surface area contributed by atoms with E-state index < -0.39 is 0 Å². The fourth-order valence-electron chi connectivity index (χ4n) is 3.04. The summed E-state index contributed by atoms with van der Waals surface area (Å²) in [6, 6.07) is 15.3. The van der Waals surface area contributed by atoms with Gasteiger partial charge in [0.2, 0.25) is 0 Å². The number of carbonyl (C=O) groups excluding carboxylic acids is 1. The number of aromatic nitrogens is 3. The number of halogens is 1. The van der Waals surface area contributed by atoms with E-state index in [1.807, 2.05) is 44.2 Å². The lowest BCUT2D eigenvalue weighted by Gasteiger charge is -2.02. The van der Waals surface area contributed by atoms with E-state index in [1.165, 1.54) is 10.2 Å². The Morgan fingerprint density at radius 1 is 1.15 bits per heavy atom. The first-order valence-electron chi connectivity index (χ1n) is 8.98. The summed E-state index contributed by atoms with van der Waals surface area (Å²) in [5.41, 5.74) is 2.82. The third-order valence-electron chi connectivity index (χ3n) is 4.44. The van der Waals surface area contributed by atoms with E-state index in [4.69, 9.17) is 11.6 Å². The fourth-order valence-corrected chi connectivity index (χ4v) is 3.17. The Morgan fingerprint density at radius 2 is 1.89 bits per heavy atom. The third kappa shape index (κ3) is 4.55. The van der Waals surface area contributed by atoms with Gasteiger partial charge in [-0.3, -0.25) is 9.36 Å². The molecular weight excluding hydrogens is 362 g/mol. The van der Waals surface area contributed by atoms with Gasteiger partial charge in [-0.25, -0.2) is 9.48 Å². The number of aryl methyl sites for hydroxylation is 2. The Morgan fingerprint density at radius 3 is 2.56 bits per heavy atom. The van der Waals surface area contributed by atoms with Gasteiger partial charge in [-0.1, -0.05) is 41.4 Å². The van der Waals surface area contributed by atoms with Crippen molar-refractivity contribution in [2.45, 2.75) is 39.8 Å². The minimum atomic E-state index is -0.272. The number of Topliss-reactive ketones (excluding diaryl/α,β-unsaturated/α-hetero) is 1. The quantitative estimate of drug-likeness (QED) is 0.621. The summed E-state index contributed by atoms with van der Waals surface area (Å²) in [6.45, 7) is 4.37. The van der Waals surface area contributed by atoms with Crippen molar-refractivity contribution in [3.8, 4) is 11.4 Å². The number of hydrogen-bond donors (Lipinski definition) is 0. The monoisotopic (exact) mass is 383 g/mol. The summed E-state index contributed by atoms with van der Waals surface area (Å²) < 4.78 is 2.82. The lowest BCUT2D eigenvalue weighted by molar-refractivity contribution is -0.119. The summed E-state index contributed by atoms with van der Waals surface area (Å²) in [5.74, 6) is 0.535. The molecule has 0 aliphatic rings. The molecule has 0 unspecified atom stereocenters. The van der Waals surface area contributed by atoms with Gasteiger partial charge in [0.1, 0.15) is 6.54 Å². The molecule has 0 saturated heterocycles. The molecule has 0 amide bonds. The Labute approximate surface area is 163 Å². The molecule has 0 saturated carbocycles. The van der Waals surface area contributed by atoms with Crippen LogP contribution >= 0.6 is 11.6 Å². The lowest BCUT2D eigenvalue weighted by Crippen LogP contribution is -2.27. The van der Waals surface area contributed by atoms with Gasteiger partial charge >= 0.3 is 5.69 Å². The van der Waals surface area contributed by atoms with Gasteiger partial charge in [-0.15, -0.1) is 5.10 Å². The molecule has 6 heteroatoms. The van der Waals surface area contributed by atoms with Crippen molar-refractivity contribution < 1.29 is 4.79 Å². The maximum absolute atomic E-state index is 12.6. The highest BCUT2D eigenvalue weighted by Crippen LogP contribution is 2.19. The fraction of sp³-hybridized carbons (Fsp3) is 0.286. The molecule has 0 aliphatic carbocycles. The van der Waals surface area contributed by atoms with Crippen LogP contribution in [-0.4, -0.2) is 20.1 Å². The Balaban J connectivity index is 1.75. The largest absolute Gasteiger partial charge is 0.346 e. The molecule has 0 aliphatic heterocycles. The molecule has 5 nitrogen and oxygen atoms in total. The minimum Gasteiger partial charge on any atom is -0.298 e. The van der Waals surface area contributed by atoms with Gasteiger partial charge in [0.15, 0.2) is 11.6 Å². The topological polar surface area (TPSA) is 56.9 Å². The van der Waals surface area contributed by atoms with E-state index >= 15 is 0 Å². The van der Waals surface area contributed by atoms with E-state index in [1.54, 1.807) is 16.7 Å². The molecule has 0 atom stereocenters. The SMILES string of the molecule is CCn1c(-c2ccc(Cl)cc2)nn(CC(=O)CCc2cccc(C)c2)c1=O. The zero-order valence-corrected chi connectivity index (χ0v) is 16.2. The smallest absolute Gasteiger partial charge is 0.298 e. The van der Waals surface area contributed by atoms with Crippen LogP contribution in [0.3, 0.4) is 0 Å². The summed E-state index contributed by atoms with van der Waals surface area (Å²) in [4.78, 5) is 25.0. The van der Waals surface area contributed by atoms with Crippen LogP contribution in [0.25, 0.3) is 11.4 Å². The van der Waals surface area contributed by atoms with E-state index in [0.717, 1.165) is 11.1 Å². The van der Waals surface area contributed by atoms with Crippen molar-refractivity contribution in [3.63, 3.8) is 0 Å². The number of nitrogens with zero attached hydrogens (tertiary/aromatic N) is 3. The van der Waals surface area contributed by atoms with Crippen LogP contribution in [0.2, 0.25) is 5.02 Å². The van der Waals surface area contributed by atoms with Crippen LogP contribution in [0, 0.1) is 6.92 Å². The lowest BCUT2D eigenvalue weighted by atomic mass is 10.1. The van der Waals surface area contributed by atoms with Crippen molar-refractivity contribution >= 4 is 17.4 Å². The molecular formula is C21H22ClN3O2. The second-order valence-corrected chi connectivity index (χ2v) is 6.98. The molecule has 0 spiro atoms. The number of rotatable bonds is 7. The first-order chi connectivity index (χ1) is 13.0. The van der Waals surface area contributed by atoms with Crippen molar-refractivity contribution in [1.29, 1.82) is 0 Å². The second kappa shape index (κ2) is 8.35. The minimum absolute atomic E-state index is 0.0120. The zero-order valence-electron chi connectivity index (χ0n) is 15.5. The molecule has 0 N–H and O–H groups in total. The summed E-state index contributed by atoms with van der Waals surface area (Å²) >= 11 is 5.93. The standard InChI is InChI=1S/C21H22ClN3O2/c1-3-24-20(17-8-10-18(22)11-9-17)23-25(21(24)27)14-19(26)12-7-16-6-4-5-15(2)13-16/h4-6,8-11,13H,3,7,12,14H2,1-2H3. The summed E-state index contributed by atoms with van der Waals surface area (Å²) in [5, 5.41) is 5.01. The van der Waals surface area contributed by atoms with Gasteiger partial charge < -0.3 is 0 Å². The Bertz CT molecular complexity index is 1000. The average molecular weight is 384 g/mol. The van der Waals surface area contributed by atoms with Crippen LogP contribution in [0.5, 0.6) is 0 Å². The molecule has 0 bridgehead atoms. The van der Waals surface area contributed by atoms with Crippen LogP contribution in [-0.2, 0) is 24.3 Å². The van der Waals surface area contributed by atoms with Gasteiger partial charge in [0.05, 0.1) is 0 Å². The highest BCUT2D eigenvalue weighted by atomic mass is 35.5. The Hall–Kier alpha value is -2.66. The second-order valence-electron chi connectivity index (χ2n) is 6.54. The summed E-state index contributed by atoms with van der Waals surface area (Å²) in [7, 11) is 0. The van der Waals surface area contributed by atoms with Gasteiger partial charge in [0.25, 0.3) is 0 Å². The molecule has 0 fully saturated rings. The normalized spacial score (nSPS) is 10.9. The highest BCUT2D eigenvalue weighted by molar-refractivity contribution is 6.30. The molecule has 1 heterocycles. The Kier molecular flexibility index (Phi) is 5.91. The average Bonchev–Trinajstić information content (AvgIpc) is 2.96. The highest BCUT2D eigenvalue weighted by Gasteiger charge is 2.16. The van der Waals surface area contributed by atoms with Crippen LogP contribution in [0.1, 0.15) is 24.5 Å². The number of ketones is 1. The van der Waals surface area contributed by atoms with Gasteiger partial charge in [-0.2, -0.15) is 0 Å². The van der Waals surface area contributed by atoms with E-state index in [-0.39, 0.29) is 18.0 Å². The first-order valence-corrected chi connectivity index (χ1v) is 9.36. The molecule has 140 valence electrons. The summed E-state index contributed by atoms with van der Waals surface area (Å²) in [6.07, 6.45) is 1.04. The first kappa shape index (κ1) is 19.1. The number of carbonyl (C=O) groups is 1. The van der Waals surface area contributed by atoms with E-state index in [2.05, 4.69) is 11.2 Å². The third-order valence-corrected chi connectivity index (χ3v) is 4.69. The zero-order chi connectivity index (χ0) is 19.4. The molecule has 0 radical (unpaired) electrons. The molecule has 1 aromatic heterocycles. The molecule has 3 aromatic rings. The van der Waals surface area contributed by atoms with Crippen molar-refractivity contribution in [2.75, 3.05) is 0 Å². The molecule has 2 aromatic carbocycles. The van der Waals surface area contributed by atoms with Crippen molar-refractivity contribution in [1.82, 2.24) is 14.3 Å². The maximum Gasteiger partial charge on any atom is 0.346 e. The number of benzene rings is 2. The maximum atomic E-state index is 12.6. The van der Waals surface area contributed by atoms with Crippen molar-refractivity contribution in [3.05, 3.63) is 75.2 Å². The van der Waals surface area contributed by atoms with Crippen LogP contribution in [0.15, 0.2) is 53.3 Å². The molecule has 27 heavy (non-hydrogen) atoms. The number of hydrogen-bond acceptors (Lipinski definition) is 3. The van der Waals surface area contributed by atoms with Crippen LogP contribution in [0.4, 0.5) is 0 Å². The van der Waals surface area contributed by atoms with Gasteiger partial charge in [-0.05, 0) is 50.1 Å².